The maximum absolute atomic E-state index is 5.72. The summed E-state index contributed by atoms with van der Waals surface area (Å²) in [4.78, 5) is 0. The molecular formula is C10H21N. The molecule has 1 saturated carbocycles. The lowest BCUT2D eigenvalue weighted by atomic mass is 9.70. The molecule has 0 aromatic rings. The Morgan fingerprint density at radius 3 is 2.36 bits per heavy atom. The third kappa shape index (κ3) is 1.96. The van der Waals surface area contributed by atoms with Crippen LogP contribution in [0.15, 0.2) is 0 Å². The molecule has 0 aromatic carbocycles. The Hall–Kier alpha value is -0.0400. The van der Waals surface area contributed by atoms with Gasteiger partial charge in [0.05, 0.1) is 0 Å². The first-order chi connectivity index (χ1) is 5.15. The zero-order valence-electron chi connectivity index (χ0n) is 8.01. The molecule has 0 heterocycles. The van der Waals surface area contributed by atoms with E-state index in [0.717, 1.165) is 30.2 Å². The van der Waals surface area contributed by atoms with Gasteiger partial charge in [0.2, 0.25) is 0 Å². The second-order valence-electron chi connectivity index (χ2n) is 4.41. The summed E-state index contributed by atoms with van der Waals surface area (Å²) < 4.78 is 0. The van der Waals surface area contributed by atoms with E-state index in [9.17, 15) is 0 Å². The van der Waals surface area contributed by atoms with Gasteiger partial charge in [-0.2, -0.15) is 0 Å². The van der Waals surface area contributed by atoms with Crippen LogP contribution in [0.25, 0.3) is 0 Å². The van der Waals surface area contributed by atoms with Gasteiger partial charge >= 0.3 is 0 Å². The van der Waals surface area contributed by atoms with E-state index in [1.807, 2.05) is 0 Å². The lowest BCUT2D eigenvalue weighted by Gasteiger charge is -2.37. The first-order valence-electron chi connectivity index (χ1n) is 4.85. The molecule has 0 radical (unpaired) electrons. The summed E-state index contributed by atoms with van der Waals surface area (Å²) in [5.41, 5.74) is 5.72. The summed E-state index contributed by atoms with van der Waals surface area (Å²) in [5.74, 6) is 3.41. The maximum Gasteiger partial charge on any atom is -0.00461 e. The zero-order chi connectivity index (χ0) is 8.43. The summed E-state index contributed by atoms with van der Waals surface area (Å²) in [7, 11) is 0. The topological polar surface area (TPSA) is 26.0 Å². The third-order valence-electron chi connectivity index (χ3n) is 3.42. The number of rotatable bonds is 1. The SMILES string of the molecule is CC1CC(C)C(C)C(CN)C1. The maximum atomic E-state index is 5.72. The monoisotopic (exact) mass is 155 g/mol. The molecule has 11 heavy (non-hydrogen) atoms. The number of hydrogen-bond donors (Lipinski definition) is 1. The molecule has 0 amide bonds. The van der Waals surface area contributed by atoms with Crippen LogP contribution in [0, 0.1) is 23.7 Å². The van der Waals surface area contributed by atoms with Gasteiger partial charge < -0.3 is 5.73 Å². The Kier molecular flexibility index (Phi) is 2.94. The van der Waals surface area contributed by atoms with Crippen molar-refractivity contribution in [2.45, 2.75) is 33.6 Å². The number of hydrogen-bond acceptors (Lipinski definition) is 1. The minimum Gasteiger partial charge on any atom is -0.330 e. The highest BCUT2D eigenvalue weighted by Gasteiger charge is 2.29. The van der Waals surface area contributed by atoms with Gasteiger partial charge in [-0.3, -0.25) is 0 Å². The highest BCUT2D eigenvalue weighted by molar-refractivity contribution is 4.80. The quantitative estimate of drug-likeness (QED) is 0.617. The molecule has 4 unspecified atom stereocenters. The van der Waals surface area contributed by atoms with E-state index >= 15 is 0 Å². The summed E-state index contributed by atoms with van der Waals surface area (Å²) in [5, 5.41) is 0. The molecule has 1 aliphatic carbocycles. The fourth-order valence-corrected chi connectivity index (χ4v) is 2.45. The van der Waals surface area contributed by atoms with Crippen LogP contribution in [-0.4, -0.2) is 6.54 Å². The van der Waals surface area contributed by atoms with Crippen LogP contribution in [0.4, 0.5) is 0 Å². The van der Waals surface area contributed by atoms with Crippen LogP contribution >= 0.6 is 0 Å². The molecule has 0 saturated heterocycles. The molecule has 0 bridgehead atoms. The van der Waals surface area contributed by atoms with Crippen molar-refractivity contribution in [3.05, 3.63) is 0 Å². The molecule has 1 fully saturated rings. The lowest BCUT2D eigenvalue weighted by molar-refractivity contribution is 0.143. The summed E-state index contributed by atoms with van der Waals surface area (Å²) in [6, 6.07) is 0. The third-order valence-corrected chi connectivity index (χ3v) is 3.42. The smallest absolute Gasteiger partial charge is 0.00461 e. The highest BCUT2D eigenvalue weighted by atomic mass is 14.6. The Labute approximate surface area is 70.4 Å². The minimum absolute atomic E-state index is 0.786. The average molecular weight is 155 g/mol. The Balaban J connectivity index is 2.51. The first-order valence-corrected chi connectivity index (χ1v) is 4.85. The van der Waals surface area contributed by atoms with Crippen molar-refractivity contribution in [2.24, 2.45) is 29.4 Å². The molecular weight excluding hydrogens is 134 g/mol. The van der Waals surface area contributed by atoms with Crippen molar-refractivity contribution in [1.82, 2.24) is 0 Å². The van der Waals surface area contributed by atoms with Crippen LogP contribution in [0.1, 0.15) is 33.6 Å². The van der Waals surface area contributed by atoms with Crippen molar-refractivity contribution in [3.8, 4) is 0 Å². The van der Waals surface area contributed by atoms with Crippen LogP contribution in [0.2, 0.25) is 0 Å². The predicted molar refractivity (Wildman–Crippen MR) is 49.3 cm³/mol. The van der Waals surface area contributed by atoms with Gasteiger partial charge in [-0.1, -0.05) is 20.8 Å². The Bertz CT molecular complexity index is 122. The molecule has 0 aliphatic heterocycles. The van der Waals surface area contributed by atoms with Crippen LogP contribution < -0.4 is 5.73 Å². The van der Waals surface area contributed by atoms with Gasteiger partial charge in [0, 0.05) is 0 Å². The highest BCUT2D eigenvalue weighted by Crippen LogP contribution is 2.36. The molecule has 0 spiro atoms. The van der Waals surface area contributed by atoms with Crippen LogP contribution in [0.5, 0.6) is 0 Å². The van der Waals surface area contributed by atoms with Crippen molar-refractivity contribution in [3.63, 3.8) is 0 Å². The molecule has 1 nitrogen and oxygen atoms in total. The van der Waals surface area contributed by atoms with Gasteiger partial charge in [0.15, 0.2) is 0 Å². The van der Waals surface area contributed by atoms with E-state index in [4.69, 9.17) is 5.73 Å². The molecule has 2 N–H and O–H groups in total. The van der Waals surface area contributed by atoms with Gasteiger partial charge in [0.25, 0.3) is 0 Å². The summed E-state index contributed by atoms with van der Waals surface area (Å²) in [6.45, 7) is 7.96. The fourth-order valence-electron chi connectivity index (χ4n) is 2.45. The van der Waals surface area contributed by atoms with Crippen LogP contribution in [0.3, 0.4) is 0 Å². The molecule has 1 aliphatic rings. The van der Waals surface area contributed by atoms with Crippen molar-refractivity contribution < 1.29 is 0 Å². The van der Waals surface area contributed by atoms with E-state index in [1.165, 1.54) is 12.8 Å². The minimum atomic E-state index is 0.786. The summed E-state index contributed by atoms with van der Waals surface area (Å²) >= 11 is 0. The van der Waals surface area contributed by atoms with E-state index in [1.54, 1.807) is 0 Å². The second-order valence-corrected chi connectivity index (χ2v) is 4.41. The number of nitrogens with two attached hydrogens (primary N) is 1. The van der Waals surface area contributed by atoms with E-state index < -0.39 is 0 Å². The average Bonchev–Trinajstić information content (AvgIpc) is 1.96. The van der Waals surface area contributed by atoms with Crippen molar-refractivity contribution in [1.29, 1.82) is 0 Å². The second kappa shape index (κ2) is 3.57. The van der Waals surface area contributed by atoms with Gasteiger partial charge in [0.1, 0.15) is 0 Å². The van der Waals surface area contributed by atoms with E-state index in [0.29, 0.717) is 0 Å². The lowest BCUT2D eigenvalue weighted by Crippen LogP contribution is -2.33. The largest absolute Gasteiger partial charge is 0.330 e. The predicted octanol–water partition coefficient (Wildman–Crippen LogP) is 2.26. The van der Waals surface area contributed by atoms with Gasteiger partial charge in [-0.25, -0.2) is 0 Å². The van der Waals surface area contributed by atoms with Crippen molar-refractivity contribution in [2.75, 3.05) is 6.54 Å². The Morgan fingerprint density at radius 2 is 1.82 bits per heavy atom. The Morgan fingerprint density at radius 1 is 1.18 bits per heavy atom. The van der Waals surface area contributed by atoms with E-state index in [-0.39, 0.29) is 0 Å². The summed E-state index contributed by atoms with van der Waals surface area (Å²) in [6.07, 6.45) is 2.75. The standard InChI is InChI=1S/C10H21N/c1-7-4-8(2)9(3)10(5-7)6-11/h7-10H,4-6,11H2,1-3H3. The van der Waals surface area contributed by atoms with Gasteiger partial charge in [-0.05, 0) is 43.1 Å². The molecule has 66 valence electrons. The molecule has 0 aromatic heterocycles. The first kappa shape index (κ1) is 9.05. The molecule has 1 rings (SSSR count). The van der Waals surface area contributed by atoms with E-state index in [2.05, 4.69) is 20.8 Å². The van der Waals surface area contributed by atoms with Crippen LogP contribution in [-0.2, 0) is 0 Å². The van der Waals surface area contributed by atoms with Gasteiger partial charge in [-0.15, -0.1) is 0 Å². The normalized spacial score (nSPS) is 45.8. The zero-order valence-corrected chi connectivity index (χ0v) is 8.01. The fraction of sp³-hybridized carbons (Fsp3) is 1.00. The molecule has 4 atom stereocenters. The molecule has 1 heteroatoms. The van der Waals surface area contributed by atoms with Crippen molar-refractivity contribution >= 4 is 0 Å².